The zero-order valence-corrected chi connectivity index (χ0v) is 18.4. The van der Waals surface area contributed by atoms with Gasteiger partial charge in [0.15, 0.2) is 0 Å². The lowest BCUT2D eigenvalue weighted by Gasteiger charge is -2.36. The van der Waals surface area contributed by atoms with Gasteiger partial charge in [0.1, 0.15) is 5.82 Å². The Hall–Kier alpha value is -2.80. The Morgan fingerprint density at radius 2 is 1.97 bits per heavy atom. The fraction of sp³-hybridized carbons (Fsp3) is 0.391. The quantitative estimate of drug-likeness (QED) is 0.591. The molecule has 0 spiro atoms. The number of anilines is 1. The summed E-state index contributed by atoms with van der Waals surface area (Å²) >= 11 is 5.90. The van der Waals surface area contributed by atoms with E-state index in [1.54, 1.807) is 30.3 Å². The molecule has 6 nitrogen and oxygen atoms in total. The topological polar surface area (TPSA) is 78.9 Å². The number of para-hydroxylation sites is 1. The van der Waals surface area contributed by atoms with Gasteiger partial charge < -0.3 is 14.7 Å². The molecule has 2 atom stereocenters. The number of halogens is 2. The van der Waals surface area contributed by atoms with Gasteiger partial charge in [-0.05, 0) is 35.6 Å². The number of amides is 2. The fourth-order valence-electron chi connectivity index (χ4n) is 4.26. The summed E-state index contributed by atoms with van der Waals surface area (Å²) in [6, 6.07) is 11.2. The molecule has 8 heteroatoms. The van der Waals surface area contributed by atoms with Gasteiger partial charge in [-0.25, -0.2) is 14.0 Å². The number of hydrogen-bond acceptors (Lipinski definition) is 3. The molecular formula is C23H26ClFN2O4. The van der Waals surface area contributed by atoms with Gasteiger partial charge in [0, 0.05) is 24.1 Å². The van der Waals surface area contributed by atoms with Crippen molar-refractivity contribution in [2.45, 2.75) is 33.2 Å². The van der Waals surface area contributed by atoms with Crippen molar-refractivity contribution in [3.63, 3.8) is 0 Å². The molecule has 31 heavy (non-hydrogen) atoms. The van der Waals surface area contributed by atoms with Crippen molar-refractivity contribution in [1.29, 1.82) is 0 Å². The minimum Gasteiger partial charge on any atom is -0.465 e. The maximum Gasteiger partial charge on any atom is 0.411 e. The Balaban J connectivity index is 1.69. The lowest BCUT2D eigenvalue weighted by molar-refractivity contribution is 0.0686. The van der Waals surface area contributed by atoms with Crippen LogP contribution in [0.25, 0.3) is 11.1 Å². The summed E-state index contributed by atoms with van der Waals surface area (Å²) < 4.78 is 19.0. The zero-order chi connectivity index (χ0) is 22.8. The average molecular weight is 449 g/mol. The van der Waals surface area contributed by atoms with E-state index in [0.29, 0.717) is 29.8 Å². The Kier molecular flexibility index (Phi) is 6.74. The minimum absolute atomic E-state index is 0.00711. The van der Waals surface area contributed by atoms with Crippen LogP contribution < -0.4 is 5.32 Å². The summed E-state index contributed by atoms with van der Waals surface area (Å²) in [5.41, 5.74) is 1.55. The lowest BCUT2D eigenvalue weighted by Crippen LogP contribution is -2.46. The molecule has 3 rings (SSSR count). The van der Waals surface area contributed by atoms with Gasteiger partial charge in [0.25, 0.3) is 0 Å². The molecule has 1 saturated heterocycles. The van der Waals surface area contributed by atoms with Crippen molar-refractivity contribution in [3.05, 3.63) is 53.3 Å². The number of hydrogen-bond donors (Lipinski definition) is 2. The Bertz CT molecular complexity index is 976. The molecular weight excluding hydrogens is 423 g/mol. The third kappa shape index (κ3) is 5.28. The van der Waals surface area contributed by atoms with Crippen molar-refractivity contribution in [3.8, 4) is 11.1 Å². The summed E-state index contributed by atoms with van der Waals surface area (Å²) in [7, 11) is 0. The van der Waals surface area contributed by atoms with Gasteiger partial charge in [-0.3, -0.25) is 5.32 Å². The van der Waals surface area contributed by atoms with E-state index in [4.69, 9.17) is 16.3 Å². The van der Waals surface area contributed by atoms with E-state index in [0.717, 1.165) is 0 Å². The maximum atomic E-state index is 13.5. The predicted molar refractivity (Wildman–Crippen MR) is 118 cm³/mol. The van der Waals surface area contributed by atoms with E-state index >= 15 is 0 Å². The number of likely N-dealkylation sites (tertiary alicyclic amines) is 1. The standard InChI is InChI=1S/C23H26ClFN2O4/c1-23(2,3)20-15(10-11-27(20)22(29)30)13-31-21(28)26-19-7-5-4-6-16(19)14-8-9-18(25)17(24)12-14/h4-9,12,15,20H,10-11,13H2,1-3H3,(H,26,28)(H,29,30)/t15?,20-/m1/s1. The second kappa shape index (κ2) is 9.14. The van der Waals surface area contributed by atoms with Crippen LogP contribution in [0.2, 0.25) is 5.02 Å². The molecule has 1 aliphatic heterocycles. The molecule has 0 aliphatic carbocycles. The largest absolute Gasteiger partial charge is 0.465 e. The van der Waals surface area contributed by atoms with Crippen LogP contribution in [0.4, 0.5) is 19.7 Å². The average Bonchev–Trinajstić information content (AvgIpc) is 3.14. The Morgan fingerprint density at radius 3 is 2.61 bits per heavy atom. The van der Waals surface area contributed by atoms with Crippen molar-refractivity contribution in [2.75, 3.05) is 18.5 Å². The first-order chi connectivity index (χ1) is 14.6. The van der Waals surface area contributed by atoms with E-state index in [1.165, 1.54) is 17.0 Å². The molecule has 0 aromatic heterocycles. The van der Waals surface area contributed by atoms with Crippen LogP contribution in [-0.2, 0) is 4.74 Å². The second-order valence-electron chi connectivity index (χ2n) is 8.73. The van der Waals surface area contributed by atoms with Crippen molar-refractivity contribution in [1.82, 2.24) is 4.90 Å². The van der Waals surface area contributed by atoms with Crippen LogP contribution in [0.3, 0.4) is 0 Å². The summed E-state index contributed by atoms with van der Waals surface area (Å²) in [6.45, 7) is 6.48. The van der Waals surface area contributed by atoms with Gasteiger partial charge in [-0.15, -0.1) is 0 Å². The highest BCUT2D eigenvalue weighted by Gasteiger charge is 2.44. The Morgan fingerprint density at radius 1 is 1.26 bits per heavy atom. The van der Waals surface area contributed by atoms with Crippen LogP contribution in [0, 0.1) is 17.2 Å². The summed E-state index contributed by atoms with van der Waals surface area (Å²) in [5.74, 6) is -0.608. The van der Waals surface area contributed by atoms with Crippen molar-refractivity contribution in [2.24, 2.45) is 11.3 Å². The second-order valence-corrected chi connectivity index (χ2v) is 9.14. The van der Waals surface area contributed by atoms with Crippen LogP contribution in [0.15, 0.2) is 42.5 Å². The molecule has 2 aromatic carbocycles. The molecule has 1 aliphatic rings. The highest BCUT2D eigenvalue weighted by Crippen LogP contribution is 2.37. The number of ether oxygens (including phenoxy) is 1. The maximum absolute atomic E-state index is 13.5. The molecule has 1 heterocycles. The van der Waals surface area contributed by atoms with Crippen molar-refractivity contribution >= 4 is 29.5 Å². The Labute approximate surface area is 186 Å². The number of rotatable bonds is 4. The third-order valence-electron chi connectivity index (χ3n) is 5.48. The van der Waals surface area contributed by atoms with Crippen LogP contribution in [-0.4, -0.2) is 41.4 Å². The molecule has 0 saturated carbocycles. The fourth-order valence-corrected chi connectivity index (χ4v) is 4.44. The van der Waals surface area contributed by atoms with Crippen LogP contribution >= 0.6 is 11.6 Å². The van der Waals surface area contributed by atoms with E-state index in [2.05, 4.69) is 5.32 Å². The third-order valence-corrected chi connectivity index (χ3v) is 5.77. The number of carbonyl (C=O) groups is 2. The molecule has 2 amide bonds. The zero-order valence-electron chi connectivity index (χ0n) is 17.7. The first kappa shape index (κ1) is 22.9. The lowest BCUT2D eigenvalue weighted by atomic mass is 9.80. The van der Waals surface area contributed by atoms with Crippen LogP contribution in [0.5, 0.6) is 0 Å². The molecule has 2 aromatic rings. The summed E-state index contributed by atoms with van der Waals surface area (Å²) in [5, 5.41) is 12.2. The number of carboxylic acid groups (broad SMARTS) is 1. The SMILES string of the molecule is CC(C)(C)[C@H]1C(COC(=O)Nc2ccccc2-c2ccc(F)c(Cl)c2)CCN1C(=O)O. The highest BCUT2D eigenvalue weighted by molar-refractivity contribution is 6.31. The summed E-state index contributed by atoms with van der Waals surface area (Å²) in [6.07, 6.45) is -0.965. The monoisotopic (exact) mass is 448 g/mol. The highest BCUT2D eigenvalue weighted by atomic mass is 35.5. The number of carbonyl (C=O) groups excluding carboxylic acids is 1. The van der Waals surface area contributed by atoms with Crippen LogP contribution in [0.1, 0.15) is 27.2 Å². The molecule has 166 valence electrons. The van der Waals surface area contributed by atoms with Gasteiger partial charge in [0.2, 0.25) is 0 Å². The van der Waals surface area contributed by atoms with E-state index in [9.17, 15) is 19.1 Å². The van der Waals surface area contributed by atoms with E-state index in [-0.39, 0.29) is 29.0 Å². The molecule has 0 radical (unpaired) electrons. The smallest absolute Gasteiger partial charge is 0.411 e. The number of benzene rings is 2. The molecule has 1 unspecified atom stereocenters. The molecule has 2 N–H and O–H groups in total. The molecule has 0 bridgehead atoms. The summed E-state index contributed by atoms with van der Waals surface area (Å²) in [4.78, 5) is 25.5. The first-order valence-electron chi connectivity index (χ1n) is 10.1. The van der Waals surface area contributed by atoms with E-state index < -0.39 is 18.0 Å². The molecule has 1 fully saturated rings. The minimum atomic E-state index is -0.959. The van der Waals surface area contributed by atoms with Gasteiger partial charge >= 0.3 is 12.2 Å². The van der Waals surface area contributed by atoms with Gasteiger partial charge in [-0.2, -0.15) is 0 Å². The number of nitrogens with zero attached hydrogens (tertiary/aromatic N) is 1. The van der Waals surface area contributed by atoms with Gasteiger partial charge in [0.05, 0.1) is 17.3 Å². The van der Waals surface area contributed by atoms with E-state index in [1.807, 2.05) is 20.8 Å². The van der Waals surface area contributed by atoms with Crippen molar-refractivity contribution < 1.29 is 23.8 Å². The first-order valence-corrected chi connectivity index (χ1v) is 10.4. The van der Waals surface area contributed by atoms with Gasteiger partial charge in [-0.1, -0.05) is 56.6 Å². The predicted octanol–water partition coefficient (Wildman–Crippen LogP) is 6.11. The number of nitrogens with one attached hydrogen (secondary N) is 1. The normalized spacial score (nSPS) is 18.7.